The maximum absolute atomic E-state index is 10.7. The number of ether oxygens (including phenoxy) is 2. The van der Waals surface area contributed by atoms with Crippen molar-refractivity contribution in [3.05, 3.63) is 11.6 Å². The molecule has 3 aliphatic rings. The Kier molecular flexibility index (Phi) is 8.91. The zero-order valence-corrected chi connectivity index (χ0v) is 19.1. The van der Waals surface area contributed by atoms with Gasteiger partial charge in [0.25, 0.3) is 0 Å². The Labute approximate surface area is 200 Å². The van der Waals surface area contributed by atoms with E-state index in [2.05, 4.69) is 5.32 Å². The summed E-state index contributed by atoms with van der Waals surface area (Å²) in [6.45, 7) is 1.01. The number of aliphatic hydroxyl groups is 10. The molecule has 0 saturated carbocycles. The van der Waals surface area contributed by atoms with E-state index < -0.39 is 98.4 Å². The molecule has 0 spiro atoms. The topological polar surface area (TPSA) is 256 Å². The minimum absolute atomic E-state index is 0.0442. The van der Waals surface area contributed by atoms with Crippen LogP contribution in [0.2, 0.25) is 0 Å². The van der Waals surface area contributed by atoms with Crippen LogP contribution in [0.25, 0.3) is 0 Å². The number of rotatable bonds is 6. The van der Waals surface area contributed by atoms with Crippen LogP contribution >= 0.6 is 0 Å². The zero-order chi connectivity index (χ0) is 26.4. The van der Waals surface area contributed by atoms with Crippen molar-refractivity contribution in [3.63, 3.8) is 0 Å². The van der Waals surface area contributed by atoms with E-state index in [0.29, 0.717) is 0 Å². The lowest BCUT2D eigenvalue weighted by Crippen LogP contribution is -2.71. The second-order valence-corrected chi connectivity index (χ2v) is 9.36. The van der Waals surface area contributed by atoms with Crippen molar-refractivity contribution in [1.82, 2.24) is 5.32 Å². The molecule has 15 heteroatoms. The third-order valence-corrected chi connectivity index (χ3v) is 6.99. The molecule has 0 aromatic carbocycles. The van der Waals surface area contributed by atoms with Gasteiger partial charge in [0.15, 0.2) is 18.5 Å². The standard InChI is InChI=1S/C20H36NO14/c1-6-10(21-8-3-7(4-22)11(24)14(27)12(8)25)13(26)15(28)19(33-6)34-17-9(5-23)35(32)20(2,31)18(30)16(17)29/h3,6,8-19,21-32H,4-5H2,1-2H3/q+1/t6-,8+,9-,10-,11-,12+,13+,14+,15-,16+,17-,18-,19-,20-/m1/s1. The van der Waals surface area contributed by atoms with Crippen LogP contribution in [-0.4, -0.2) is 155 Å². The molecule has 2 saturated heterocycles. The van der Waals surface area contributed by atoms with E-state index in [-0.39, 0.29) is 5.57 Å². The molecule has 3 rings (SSSR count). The third-order valence-electron chi connectivity index (χ3n) is 6.99. The molecule has 0 aromatic rings. The summed E-state index contributed by atoms with van der Waals surface area (Å²) in [7, 11) is 0. The van der Waals surface area contributed by atoms with Gasteiger partial charge in [0.2, 0.25) is 6.10 Å². The number of hydrogen-bond acceptors (Lipinski definition) is 14. The molecule has 0 amide bonds. The lowest BCUT2D eigenvalue weighted by Gasteiger charge is -2.48. The van der Waals surface area contributed by atoms with Crippen LogP contribution in [0, 0.1) is 0 Å². The molecule has 0 radical (unpaired) electrons. The van der Waals surface area contributed by atoms with Crippen LogP contribution in [0.5, 0.6) is 0 Å². The maximum Gasteiger partial charge on any atom is 0.336 e. The number of hydrogen-bond donors (Lipinski definition) is 12. The van der Waals surface area contributed by atoms with Crippen LogP contribution in [-0.2, 0) is 14.0 Å². The molecule has 0 aromatic heterocycles. The fourth-order valence-electron chi connectivity index (χ4n) is 4.71. The molecule has 0 unspecified atom stereocenters. The summed E-state index contributed by atoms with van der Waals surface area (Å²) in [5.41, 5.74) is 0.0442. The van der Waals surface area contributed by atoms with E-state index in [1.165, 1.54) is 17.5 Å². The Morgan fingerprint density at radius 2 is 1.63 bits per heavy atom. The van der Waals surface area contributed by atoms with E-state index in [9.17, 15) is 56.3 Å². The van der Waals surface area contributed by atoms with Crippen LogP contribution in [0.1, 0.15) is 13.8 Å². The van der Waals surface area contributed by atoms with Crippen molar-refractivity contribution in [3.8, 4) is 0 Å². The molecule has 12 N–H and O–H groups in total. The van der Waals surface area contributed by atoms with Gasteiger partial charge in [-0.2, -0.15) is 0 Å². The quantitative estimate of drug-likeness (QED) is 0.0895. The van der Waals surface area contributed by atoms with Crippen LogP contribution in [0.4, 0.5) is 0 Å². The molecule has 2 aliphatic heterocycles. The second-order valence-electron chi connectivity index (χ2n) is 9.36. The lowest BCUT2D eigenvalue weighted by atomic mass is 9.86. The Balaban J connectivity index is 1.74. The van der Waals surface area contributed by atoms with Crippen LogP contribution < -0.4 is 5.32 Å². The van der Waals surface area contributed by atoms with Gasteiger partial charge in [0, 0.05) is 6.92 Å². The normalized spacial score (nSPS) is 51.8. The molecule has 2 heterocycles. The summed E-state index contributed by atoms with van der Waals surface area (Å²) in [6.07, 6.45) is -16.2. The highest BCUT2D eigenvalue weighted by Crippen LogP contribution is 2.36. The molecule has 35 heavy (non-hydrogen) atoms. The van der Waals surface area contributed by atoms with Crippen molar-refractivity contribution in [2.45, 2.75) is 99.0 Å². The summed E-state index contributed by atoms with van der Waals surface area (Å²) < 4.78 is 12.3. The predicted octanol–water partition coefficient (Wildman–Crippen LogP) is -5.99. The van der Waals surface area contributed by atoms with E-state index in [0.717, 1.165) is 6.92 Å². The van der Waals surface area contributed by atoms with E-state index >= 15 is 0 Å². The lowest BCUT2D eigenvalue weighted by molar-refractivity contribution is -0.600. The molecule has 14 atom stereocenters. The van der Waals surface area contributed by atoms with Gasteiger partial charge in [0.05, 0.1) is 24.8 Å². The Hall–Kier alpha value is -0.860. The van der Waals surface area contributed by atoms with Crippen molar-refractivity contribution in [1.29, 1.82) is 0 Å². The monoisotopic (exact) mass is 514 g/mol. The van der Waals surface area contributed by atoms with Gasteiger partial charge in [0.1, 0.15) is 43.2 Å². The molecular formula is C20H36NO14+. The molecule has 15 nitrogen and oxygen atoms in total. The first-order chi connectivity index (χ1) is 16.3. The summed E-state index contributed by atoms with van der Waals surface area (Å²) >= 11 is 0. The molecule has 204 valence electrons. The van der Waals surface area contributed by atoms with Gasteiger partial charge in [-0.25, -0.2) is 4.52 Å². The van der Waals surface area contributed by atoms with Gasteiger partial charge >= 0.3 is 5.79 Å². The van der Waals surface area contributed by atoms with Crippen molar-refractivity contribution in [2.24, 2.45) is 0 Å². The van der Waals surface area contributed by atoms with Crippen LogP contribution in [0.15, 0.2) is 11.6 Å². The first-order valence-corrected chi connectivity index (χ1v) is 11.2. The fraction of sp³-hybridized carbons (Fsp3) is 0.900. The van der Waals surface area contributed by atoms with Crippen molar-refractivity contribution in [2.75, 3.05) is 13.2 Å². The highest BCUT2D eigenvalue weighted by atomic mass is 17.3. The summed E-state index contributed by atoms with van der Waals surface area (Å²) in [5, 5.41) is 114. The van der Waals surface area contributed by atoms with E-state index in [4.69, 9.17) is 9.47 Å². The molecular weight excluding hydrogens is 478 g/mol. The number of aliphatic hydroxyl groups excluding tert-OH is 9. The molecule has 1 aliphatic carbocycles. The van der Waals surface area contributed by atoms with Gasteiger partial charge in [-0.1, -0.05) is 6.08 Å². The second kappa shape index (κ2) is 10.9. The fourth-order valence-corrected chi connectivity index (χ4v) is 4.71. The highest BCUT2D eigenvalue weighted by Gasteiger charge is 2.63. The molecule has 0 bridgehead atoms. The molecule has 2 fully saturated rings. The van der Waals surface area contributed by atoms with Gasteiger partial charge in [-0.3, -0.25) is 0 Å². The summed E-state index contributed by atoms with van der Waals surface area (Å²) in [5.74, 6) is -2.40. The van der Waals surface area contributed by atoms with E-state index in [1.807, 2.05) is 0 Å². The average molecular weight is 515 g/mol. The first kappa shape index (κ1) is 28.7. The van der Waals surface area contributed by atoms with Gasteiger partial charge in [-0.05, 0) is 12.5 Å². The highest BCUT2D eigenvalue weighted by molar-refractivity contribution is 5.22. The Morgan fingerprint density at radius 1 is 1.00 bits per heavy atom. The largest absolute Gasteiger partial charge is 0.392 e. The van der Waals surface area contributed by atoms with E-state index in [1.54, 1.807) is 0 Å². The smallest absolute Gasteiger partial charge is 0.336 e. The van der Waals surface area contributed by atoms with Crippen LogP contribution in [0.3, 0.4) is 0 Å². The van der Waals surface area contributed by atoms with Crippen molar-refractivity contribution < 1.29 is 70.3 Å². The Morgan fingerprint density at radius 3 is 2.20 bits per heavy atom. The average Bonchev–Trinajstić information content (AvgIpc) is 2.82. The third kappa shape index (κ3) is 5.13. The number of nitrogens with one attached hydrogen (secondary N) is 1. The minimum Gasteiger partial charge on any atom is -0.392 e. The van der Waals surface area contributed by atoms with Gasteiger partial charge in [-0.15, -0.1) is 5.26 Å². The van der Waals surface area contributed by atoms with Crippen molar-refractivity contribution >= 4 is 0 Å². The predicted molar refractivity (Wildman–Crippen MR) is 112 cm³/mol. The SMILES string of the molecule is C[C@H]1O[C@H](O[C@H]2[C@H](O)[C@@H](O)[C@](C)(O)[O+](O)[C@@H]2CO)[C@H](O)[C@@H](O)[C@@H]1N[C@H]1C=C(CO)[C@@H](O)[C@H](O)[C@H]1O. The summed E-state index contributed by atoms with van der Waals surface area (Å²) in [4.78, 5) is 0. The first-order valence-electron chi connectivity index (χ1n) is 11.2. The summed E-state index contributed by atoms with van der Waals surface area (Å²) in [6, 6.07) is -2.09. The minimum atomic E-state index is -2.40. The maximum atomic E-state index is 10.7. The zero-order valence-electron chi connectivity index (χ0n) is 19.1. The Bertz CT molecular complexity index is 753. The van der Waals surface area contributed by atoms with Gasteiger partial charge < -0.3 is 65.9 Å².